The van der Waals surface area contributed by atoms with Crippen molar-refractivity contribution < 1.29 is 0 Å². The molecule has 1 aliphatic rings. The predicted molar refractivity (Wildman–Crippen MR) is 95.8 cm³/mol. The predicted octanol–water partition coefficient (Wildman–Crippen LogP) is 6.14. The second kappa shape index (κ2) is 4.32. The molecule has 0 fully saturated rings. The van der Waals surface area contributed by atoms with Gasteiger partial charge in [0, 0.05) is 0 Å². The van der Waals surface area contributed by atoms with Crippen molar-refractivity contribution in [2.75, 3.05) is 0 Å². The first kappa shape index (κ1) is 11.8. The minimum Gasteiger partial charge on any atom is -0.0616 e. The molecule has 0 unspecified atom stereocenters. The lowest BCUT2D eigenvalue weighted by molar-refractivity contribution is 1.66. The fourth-order valence-corrected chi connectivity index (χ4v) is 3.53. The molecular formula is C22H14. The maximum atomic E-state index is 2.29. The van der Waals surface area contributed by atoms with Gasteiger partial charge in [0.1, 0.15) is 0 Å². The Morgan fingerprint density at radius 3 is 2.27 bits per heavy atom. The van der Waals surface area contributed by atoms with Gasteiger partial charge in [-0.2, -0.15) is 0 Å². The minimum absolute atomic E-state index is 1.29. The molecule has 5 rings (SSSR count). The Labute approximate surface area is 129 Å². The fourth-order valence-electron chi connectivity index (χ4n) is 3.53. The average molecular weight is 278 g/mol. The summed E-state index contributed by atoms with van der Waals surface area (Å²) in [6, 6.07) is 26.3. The molecule has 0 N–H and O–H groups in total. The number of rotatable bonds is 1. The van der Waals surface area contributed by atoms with Gasteiger partial charge in [0.05, 0.1) is 0 Å². The first-order valence-corrected chi connectivity index (χ1v) is 7.63. The van der Waals surface area contributed by atoms with Crippen LogP contribution in [-0.4, -0.2) is 0 Å². The zero-order chi connectivity index (χ0) is 14.5. The standard InChI is InChI=1S/C22H14/c1-2-5-18-14-19(11-8-15(18)4-1)20-13-12-17-10-9-16-6-3-7-21(20)22(16)17/h1-14H. The molecule has 0 aliphatic heterocycles. The van der Waals surface area contributed by atoms with Gasteiger partial charge in [0.2, 0.25) is 0 Å². The normalized spacial score (nSPS) is 12.4. The van der Waals surface area contributed by atoms with Gasteiger partial charge >= 0.3 is 0 Å². The molecule has 0 aromatic heterocycles. The van der Waals surface area contributed by atoms with Gasteiger partial charge in [-0.25, -0.2) is 0 Å². The summed E-state index contributed by atoms with van der Waals surface area (Å²) in [5.41, 5.74) is 5.26. The van der Waals surface area contributed by atoms with Crippen molar-refractivity contribution >= 4 is 33.7 Å². The molecule has 22 heavy (non-hydrogen) atoms. The molecule has 0 nitrogen and oxygen atoms in total. The molecule has 1 aliphatic carbocycles. The lowest BCUT2D eigenvalue weighted by Crippen LogP contribution is -1.85. The Balaban J connectivity index is 1.83. The first-order valence-electron chi connectivity index (χ1n) is 7.63. The van der Waals surface area contributed by atoms with Crippen molar-refractivity contribution in [2.45, 2.75) is 0 Å². The number of fused-ring (bicyclic) bond motifs is 1. The van der Waals surface area contributed by atoms with Crippen LogP contribution >= 0.6 is 0 Å². The van der Waals surface area contributed by atoms with Crippen molar-refractivity contribution in [3.05, 3.63) is 83.9 Å². The summed E-state index contributed by atoms with van der Waals surface area (Å²) >= 11 is 0. The van der Waals surface area contributed by atoms with Crippen LogP contribution in [0.25, 0.3) is 44.8 Å². The van der Waals surface area contributed by atoms with E-state index in [1.807, 2.05) is 0 Å². The molecule has 0 saturated carbocycles. The highest BCUT2D eigenvalue weighted by Gasteiger charge is 2.12. The highest BCUT2D eigenvalue weighted by molar-refractivity contribution is 6.10. The van der Waals surface area contributed by atoms with Crippen molar-refractivity contribution in [1.29, 1.82) is 0 Å². The Hall–Kier alpha value is -2.86. The van der Waals surface area contributed by atoms with Crippen LogP contribution < -0.4 is 0 Å². The summed E-state index contributed by atoms with van der Waals surface area (Å²) in [6.07, 6.45) is 4.42. The molecule has 0 spiro atoms. The van der Waals surface area contributed by atoms with Crippen LogP contribution in [0.4, 0.5) is 0 Å². The second-order valence-corrected chi connectivity index (χ2v) is 5.87. The average Bonchev–Trinajstić information content (AvgIpc) is 3.00. The molecule has 0 heterocycles. The van der Waals surface area contributed by atoms with E-state index in [1.54, 1.807) is 0 Å². The molecule has 4 aromatic carbocycles. The van der Waals surface area contributed by atoms with E-state index in [4.69, 9.17) is 0 Å². The number of hydrogen-bond donors (Lipinski definition) is 0. The molecule has 4 aromatic rings. The topological polar surface area (TPSA) is 0 Å². The molecule has 0 amide bonds. The van der Waals surface area contributed by atoms with E-state index < -0.39 is 0 Å². The van der Waals surface area contributed by atoms with Crippen molar-refractivity contribution in [2.24, 2.45) is 0 Å². The Morgan fingerprint density at radius 2 is 1.36 bits per heavy atom. The van der Waals surface area contributed by atoms with Crippen LogP contribution in [0.3, 0.4) is 0 Å². The molecule has 0 bridgehead atoms. The molecule has 0 saturated heterocycles. The van der Waals surface area contributed by atoms with Gasteiger partial charge in [0.25, 0.3) is 0 Å². The van der Waals surface area contributed by atoms with Gasteiger partial charge in [-0.3, -0.25) is 0 Å². The van der Waals surface area contributed by atoms with Crippen molar-refractivity contribution in [3.63, 3.8) is 0 Å². The van der Waals surface area contributed by atoms with Crippen LogP contribution in [0, 0.1) is 0 Å². The van der Waals surface area contributed by atoms with E-state index in [2.05, 4.69) is 84.9 Å². The van der Waals surface area contributed by atoms with E-state index >= 15 is 0 Å². The summed E-state index contributed by atoms with van der Waals surface area (Å²) in [4.78, 5) is 0. The first-order chi connectivity index (χ1) is 10.9. The number of hydrogen-bond acceptors (Lipinski definition) is 0. The maximum Gasteiger partial charge on any atom is -0.00326 e. The third-order valence-corrected chi connectivity index (χ3v) is 4.61. The maximum absolute atomic E-state index is 2.29. The van der Waals surface area contributed by atoms with Crippen LogP contribution in [0.1, 0.15) is 11.1 Å². The third kappa shape index (κ3) is 1.58. The van der Waals surface area contributed by atoms with Gasteiger partial charge in [-0.15, -0.1) is 0 Å². The molecule has 0 heteroatoms. The van der Waals surface area contributed by atoms with Gasteiger partial charge in [-0.05, 0) is 49.9 Å². The Kier molecular flexibility index (Phi) is 2.31. The molecule has 0 radical (unpaired) electrons. The Bertz CT molecular complexity index is 1060. The van der Waals surface area contributed by atoms with Gasteiger partial charge < -0.3 is 0 Å². The SMILES string of the molecule is C1=Cc2ccc(-c3ccc4ccccc4c3)c3cccc1c23. The zero-order valence-corrected chi connectivity index (χ0v) is 12.1. The smallest absolute Gasteiger partial charge is 0.00326 e. The van der Waals surface area contributed by atoms with E-state index in [-0.39, 0.29) is 0 Å². The zero-order valence-electron chi connectivity index (χ0n) is 12.1. The summed E-state index contributed by atoms with van der Waals surface area (Å²) in [7, 11) is 0. The van der Waals surface area contributed by atoms with Crippen LogP contribution in [0.2, 0.25) is 0 Å². The lowest BCUT2D eigenvalue weighted by Gasteiger charge is -2.10. The van der Waals surface area contributed by atoms with E-state index in [1.165, 1.54) is 43.8 Å². The van der Waals surface area contributed by atoms with Gasteiger partial charge in [-0.1, -0.05) is 78.9 Å². The summed E-state index contributed by atoms with van der Waals surface area (Å²) < 4.78 is 0. The van der Waals surface area contributed by atoms with Crippen molar-refractivity contribution in [3.8, 4) is 11.1 Å². The van der Waals surface area contributed by atoms with E-state index in [9.17, 15) is 0 Å². The monoisotopic (exact) mass is 278 g/mol. The van der Waals surface area contributed by atoms with Gasteiger partial charge in [0.15, 0.2) is 0 Å². The summed E-state index contributed by atoms with van der Waals surface area (Å²) in [5, 5.41) is 5.31. The Morgan fingerprint density at radius 1 is 0.545 bits per heavy atom. The summed E-state index contributed by atoms with van der Waals surface area (Å²) in [6.45, 7) is 0. The highest BCUT2D eigenvalue weighted by Crippen LogP contribution is 2.37. The third-order valence-electron chi connectivity index (χ3n) is 4.61. The molecule has 0 atom stereocenters. The number of benzene rings is 4. The highest BCUT2D eigenvalue weighted by atomic mass is 14.2. The van der Waals surface area contributed by atoms with Crippen molar-refractivity contribution in [1.82, 2.24) is 0 Å². The summed E-state index contributed by atoms with van der Waals surface area (Å²) in [5.74, 6) is 0. The lowest BCUT2D eigenvalue weighted by atomic mass is 9.94. The largest absolute Gasteiger partial charge is 0.0616 e. The molecular weight excluding hydrogens is 264 g/mol. The molecule has 102 valence electrons. The van der Waals surface area contributed by atoms with Crippen LogP contribution in [-0.2, 0) is 0 Å². The van der Waals surface area contributed by atoms with Crippen LogP contribution in [0.5, 0.6) is 0 Å². The quantitative estimate of drug-likeness (QED) is 0.345. The second-order valence-electron chi connectivity index (χ2n) is 5.87. The minimum atomic E-state index is 1.29. The fraction of sp³-hybridized carbons (Fsp3) is 0. The van der Waals surface area contributed by atoms with E-state index in [0.29, 0.717) is 0 Å². The van der Waals surface area contributed by atoms with Crippen LogP contribution in [0.15, 0.2) is 72.8 Å². The van der Waals surface area contributed by atoms with E-state index in [0.717, 1.165) is 0 Å².